The number of ether oxygens (including phenoxy) is 2. The Bertz CT molecular complexity index is 794. The van der Waals surface area contributed by atoms with Gasteiger partial charge in [0.25, 0.3) is 0 Å². The van der Waals surface area contributed by atoms with Crippen molar-refractivity contribution >= 4 is 23.2 Å². The van der Waals surface area contributed by atoms with Crippen molar-refractivity contribution < 1.29 is 13.9 Å². The lowest BCUT2D eigenvalue weighted by atomic mass is 9.95. The van der Waals surface area contributed by atoms with E-state index in [4.69, 9.17) is 32.7 Å². The maximum atomic E-state index is 13.2. The number of nitrogens with one attached hydrogen (secondary N) is 1. The molecular formula is C22H26Cl2FNO2. The molecule has 3 nitrogen and oxygen atoms in total. The monoisotopic (exact) mass is 425 g/mol. The first kappa shape index (κ1) is 21.2. The largest absolute Gasteiger partial charge is 0.490 e. The van der Waals surface area contributed by atoms with Gasteiger partial charge in [0.2, 0.25) is 0 Å². The van der Waals surface area contributed by atoms with Crippen LogP contribution in [0.5, 0.6) is 11.5 Å². The van der Waals surface area contributed by atoms with Crippen molar-refractivity contribution in [3.8, 4) is 11.5 Å². The fourth-order valence-electron chi connectivity index (χ4n) is 3.48. The average molecular weight is 426 g/mol. The van der Waals surface area contributed by atoms with E-state index < -0.39 is 0 Å². The predicted molar refractivity (Wildman–Crippen MR) is 112 cm³/mol. The molecule has 0 heterocycles. The lowest BCUT2D eigenvalue weighted by Crippen LogP contribution is -2.30. The number of hydrogen-bond acceptors (Lipinski definition) is 3. The Morgan fingerprint density at radius 1 is 1.04 bits per heavy atom. The van der Waals surface area contributed by atoms with Crippen molar-refractivity contribution in [1.82, 2.24) is 5.32 Å². The third-order valence-electron chi connectivity index (χ3n) is 4.96. The topological polar surface area (TPSA) is 30.5 Å². The lowest BCUT2D eigenvalue weighted by molar-refractivity contribution is 0.269. The molecule has 2 aromatic carbocycles. The molecule has 1 aliphatic rings. The smallest absolute Gasteiger partial charge is 0.180 e. The molecule has 1 saturated carbocycles. The molecular weight excluding hydrogens is 400 g/mol. The number of hydrogen-bond donors (Lipinski definition) is 1. The maximum Gasteiger partial charge on any atom is 0.180 e. The molecule has 0 spiro atoms. The zero-order valence-corrected chi connectivity index (χ0v) is 17.6. The summed E-state index contributed by atoms with van der Waals surface area (Å²) in [6, 6.07) is 8.67. The molecule has 2 aromatic rings. The molecule has 3 rings (SSSR count). The summed E-state index contributed by atoms with van der Waals surface area (Å²) in [6.07, 6.45) is 6.38. The summed E-state index contributed by atoms with van der Waals surface area (Å²) < 4.78 is 24.9. The molecule has 0 radical (unpaired) electrons. The van der Waals surface area contributed by atoms with Crippen LogP contribution in [-0.4, -0.2) is 12.6 Å². The molecule has 0 unspecified atom stereocenters. The van der Waals surface area contributed by atoms with Gasteiger partial charge in [0, 0.05) is 18.2 Å². The van der Waals surface area contributed by atoms with E-state index in [0.29, 0.717) is 39.8 Å². The first-order chi connectivity index (χ1) is 13.6. The number of halogens is 3. The summed E-state index contributed by atoms with van der Waals surface area (Å²) in [5, 5.41) is 4.43. The van der Waals surface area contributed by atoms with Gasteiger partial charge in [-0.3, -0.25) is 0 Å². The summed E-state index contributed by atoms with van der Waals surface area (Å²) in [5.41, 5.74) is 1.75. The van der Waals surface area contributed by atoms with E-state index in [1.165, 1.54) is 44.2 Å². The minimum absolute atomic E-state index is 0.179. The van der Waals surface area contributed by atoms with E-state index in [1.807, 2.05) is 19.1 Å². The molecule has 0 bridgehead atoms. The normalized spacial score (nSPS) is 14.9. The summed E-state index contributed by atoms with van der Waals surface area (Å²) >= 11 is 12.6. The Labute approximate surface area is 176 Å². The zero-order valence-electron chi connectivity index (χ0n) is 16.1. The third kappa shape index (κ3) is 5.76. The second kappa shape index (κ2) is 10.3. The second-order valence-corrected chi connectivity index (χ2v) is 7.89. The van der Waals surface area contributed by atoms with E-state index in [9.17, 15) is 4.39 Å². The van der Waals surface area contributed by atoms with Crippen molar-refractivity contribution in [2.45, 2.75) is 58.2 Å². The Balaban J connectivity index is 1.70. The van der Waals surface area contributed by atoms with Gasteiger partial charge in [0.1, 0.15) is 12.4 Å². The molecule has 1 N–H and O–H groups in total. The van der Waals surface area contributed by atoms with Crippen LogP contribution in [0.3, 0.4) is 0 Å². The van der Waals surface area contributed by atoms with Gasteiger partial charge in [-0.05, 0) is 49.6 Å². The fourth-order valence-corrected chi connectivity index (χ4v) is 3.99. The quantitative estimate of drug-likeness (QED) is 0.521. The predicted octanol–water partition coefficient (Wildman–Crippen LogP) is 6.53. The molecule has 28 heavy (non-hydrogen) atoms. The van der Waals surface area contributed by atoms with Crippen molar-refractivity contribution in [3.05, 3.63) is 57.3 Å². The van der Waals surface area contributed by atoms with E-state index >= 15 is 0 Å². The molecule has 0 amide bonds. The van der Waals surface area contributed by atoms with Gasteiger partial charge < -0.3 is 14.8 Å². The highest BCUT2D eigenvalue weighted by Gasteiger charge is 2.16. The highest BCUT2D eigenvalue weighted by molar-refractivity contribution is 6.32. The number of rotatable bonds is 8. The van der Waals surface area contributed by atoms with E-state index in [1.54, 1.807) is 6.07 Å². The van der Waals surface area contributed by atoms with E-state index in [2.05, 4.69) is 5.32 Å². The zero-order chi connectivity index (χ0) is 19.9. The van der Waals surface area contributed by atoms with Gasteiger partial charge in [-0.15, -0.1) is 0 Å². The number of benzene rings is 2. The van der Waals surface area contributed by atoms with Crippen LogP contribution in [0.15, 0.2) is 30.3 Å². The van der Waals surface area contributed by atoms with Crippen LogP contribution in [-0.2, 0) is 13.2 Å². The SMILES string of the molecule is CCOc1cc(CNC2CCCCC2)cc(Cl)c1OCc1ccc(F)cc1Cl. The van der Waals surface area contributed by atoms with Crippen molar-refractivity contribution in [2.75, 3.05) is 6.61 Å². The van der Waals surface area contributed by atoms with Crippen LogP contribution in [0.25, 0.3) is 0 Å². The summed E-state index contributed by atoms with van der Waals surface area (Å²) in [4.78, 5) is 0. The summed E-state index contributed by atoms with van der Waals surface area (Å²) in [6.45, 7) is 3.35. The molecule has 6 heteroatoms. The van der Waals surface area contributed by atoms with Crippen molar-refractivity contribution in [2.24, 2.45) is 0 Å². The van der Waals surface area contributed by atoms with Gasteiger partial charge in [-0.25, -0.2) is 4.39 Å². The molecule has 152 valence electrons. The van der Waals surface area contributed by atoms with Crippen molar-refractivity contribution in [3.63, 3.8) is 0 Å². The third-order valence-corrected chi connectivity index (χ3v) is 5.59. The Hall–Kier alpha value is -1.49. The molecule has 1 aliphatic carbocycles. The van der Waals surface area contributed by atoms with Gasteiger partial charge in [-0.2, -0.15) is 0 Å². The molecule has 0 atom stereocenters. The lowest BCUT2D eigenvalue weighted by Gasteiger charge is -2.23. The van der Waals surface area contributed by atoms with Gasteiger partial charge in [0.05, 0.1) is 16.7 Å². The standard InChI is InChI=1S/C22H26Cl2FNO2/c1-2-27-21-11-15(13-26-18-6-4-3-5-7-18)10-20(24)22(21)28-14-16-8-9-17(25)12-19(16)23/h8-12,18,26H,2-7,13-14H2,1H3. The highest BCUT2D eigenvalue weighted by atomic mass is 35.5. The van der Waals surface area contributed by atoms with Crippen LogP contribution >= 0.6 is 23.2 Å². The van der Waals surface area contributed by atoms with Gasteiger partial charge in [0.15, 0.2) is 11.5 Å². The van der Waals surface area contributed by atoms with Crippen LogP contribution in [0.2, 0.25) is 10.0 Å². The van der Waals surface area contributed by atoms with E-state index in [0.717, 1.165) is 12.1 Å². The summed E-state index contributed by atoms with van der Waals surface area (Å²) in [7, 11) is 0. The van der Waals surface area contributed by atoms with Gasteiger partial charge >= 0.3 is 0 Å². The van der Waals surface area contributed by atoms with Crippen LogP contribution in [0.1, 0.15) is 50.2 Å². The van der Waals surface area contributed by atoms with Crippen LogP contribution < -0.4 is 14.8 Å². The molecule has 0 aliphatic heterocycles. The van der Waals surface area contributed by atoms with Crippen molar-refractivity contribution in [1.29, 1.82) is 0 Å². The first-order valence-electron chi connectivity index (χ1n) is 9.82. The minimum atomic E-state index is -0.378. The Morgan fingerprint density at radius 3 is 2.54 bits per heavy atom. The van der Waals surface area contributed by atoms with E-state index in [-0.39, 0.29) is 12.4 Å². The molecule has 1 fully saturated rings. The van der Waals surface area contributed by atoms with Gasteiger partial charge in [-0.1, -0.05) is 48.5 Å². The van der Waals surface area contributed by atoms with Crippen LogP contribution in [0, 0.1) is 5.82 Å². The van der Waals surface area contributed by atoms with Crippen LogP contribution in [0.4, 0.5) is 4.39 Å². The molecule has 0 saturated heterocycles. The average Bonchev–Trinajstić information content (AvgIpc) is 2.68. The Kier molecular flexibility index (Phi) is 7.83. The maximum absolute atomic E-state index is 13.2. The highest BCUT2D eigenvalue weighted by Crippen LogP contribution is 2.37. The Morgan fingerprint density at radius 2 is 1.82 bits per heavy atom. The summed E-state index contributed by atoms with van der Waals surface area (Å²) in [5.74, 6) is 0.704. The second-order valence-electron chi connectivity index (χ2n) is 7.08. The fraction of sp³-hybridized carbons (Fsp3) is 0.455. The minimum Gasteiger partial charge on any atom is -0.490 e. The first-order valence-corrected chi connectivity index (χ1v) is 10.6. The molecule has 0 aromatic heterocycles.